The Morgan fingerprint density at radius 3 is 2.85 bits per heavy atom. The fraction of sp³-hybridized carbons (Fsp3) is 0.889. The van der Waals surface area contributed by atoms with Crippen molar-refractivity contribution >= 4 is 5.97 Å². The standard InChI is InChI=1S/C9H16O4/c1-4-12-8(10)7-5-6(2)13-9(7)11-3/h6-7,9H,4-5H2,1-3H3. The molecule has 1 aliphatic heterocycles. The van der Waals surface area contributed by atoms with E-state index in [1.807, 2.05) is 6.92 Å². The van der Waals surface area contributed by atoms with Crippen LogP contribution < -0.4 is 0 Å². The first kappa shape index (κ1) is 10.5. The molecule has 1 fully saturated rings. The van der Waals surface area contributed by atoms with Gasteiger partial charge in [0.05, 0.1) is 12.7 Å². The van der Waals surface area contributed by atoms with Crippen LogP contribution in [0.1, 0.15) is 20.3 Å². The Balaban J connectivity index is 2.52. The lowest BCUT2D eigenvalue weighted by molar-refractivity contribution is -0.166. The molecule has 0 aromatic carbocycles. The molecule has 0 saturated carbocycles. The highest BCUT2D eigenvalue weighted by Gasteiger charge is 2.39. The molecule has 1 heterocycles. The third-order valence-electron chi connectivity index (χ3n) is 2.10. The van der Waals surface area contributed by atoms with Crippen LogP contribution in [0.3, 0.4) is 0 Å². The summed E-state index contributed by atoms with van der Waals surface area (Å²) in [7, 11) is 1.54. The van der Waals surface area contributed by atoms with Gasteiger partial charge in [-0.25, -0.2) is 0 Å². The van der Waals surface area contributed by atoms with Crippen molar-refractivity contribution in [2.24, 2.45) is 5.92 Å². The average molecular weight is 188 g/mol. The van der Waals surface area contributed by atoms with E-state index in [1.165, 1.54) is 7.11 Å². The van der Waals surface area contributed by atoms with Gasteiger partial charge >= 0.3 is 5.97 Å². The third kappa shape index (κ3) is 2.42. The molecular formula is C9H16O4. The lowest BCUT2D eigenvalue weighted by atomic mass is 10.1. The fourth-order valence-corrected chi connectivity index (χ4v) is 1.52. The van der Waals surface area contributed by atoms with Crippen molar-refractivity contribution in [3.63, 3.8) is 0 Å². The summed E-state index contributed by atoms with van der Waals surface area (Å²) in [6.45, 7) is 4.12. The first-order valence-electron chi connectivity index (χ1n) is 4.54. The van der Waals surface area contributed by atoms with Gasteiger partial charge < -0.3 is 14.2 Å². The number of hydrogen-bond donors (Lipinski definition) is 0. The Morgan fingerprint density at radius 1 is 1.62 bits per heavy atom. The summed E-state index contributed by atoms with van der Waals surface area (Å²) in [6.07, 6.45) is 0.311. The molecule has 1 saturated heterocycles. The summed E-state index contributed by atoms with van der Waals surface area (Å²) in [5.74, 6) is -0.487. The van der Waals surface area contributed by atoms with Gasteiger partial charge in [-0.1, -0.05) is 0 Å². The van der Waals surface area contributed by atoms with Gasteiger partial charge in [0.1, 0.15) is 5.92 Å². The smallest absolute Gasteiger partial charge is 0.314 e. The summed E-state index contributed by atoms with van der Waals surface area (Å²) in [6, 6.07) is 0. The van der Waals surface area contributed by atoms with Gasteiger partial charge in [-0.05, 0) is 20.3 Å². The molecular weight excluding hydrogens is 172 g/mol. The molecule has 3 unspecified atom stereocenters. The molecule has 0 bridgehead atoms. The predicted molar refractivity (Wildman–Crippen MR) is 46.1 cm³/mol. The molecule has 13 heavy (non-hydrogen) atoms. The molecule has 3 atom stereocenters. The predicted octanol–water partition coefficient (Wildman–Crippen LogP) is 0.947. The summed E-state index contributed by atoms with van der Waals surface area (Å²) < 4.78 is 15.3. The van der Waals surface area contributed by atoms with Crippen molar-refractivity contribution in [3.05, 3.63) is 0 Å². The zero-order valence-corrected chi connectivity index (χ0v) is 8.28. The van der Waals surface area contributed by atoms with Gasteiger partial charge in [-0.15, -0.1) is 0 Å². The molecule has 76 valence electrons. The molecule has 0 spiro atoms. The molecule has 1 aliphatic rings. The number of esters is 1. The van der Waals surface area contributed by atoms with Crippen LogP contribution in [0.15, 0.2) is 0 Å². The average Bonchev–Trinajstić information content (AvgIpc) is 2.47. The second-order valence-corrected chi connectivity index (χ2v) is 3.15. The van der Waals surface area contributed by atoms with E-state index < -0.39 is 6.29 Å². The minimum absolute atomic E-state index is 0.0688. The van der Waals surface area contributed by atoms with Crippen LogP contribution in [0, 0.1) is 5.92 Å². The SMILES string of the molecule is CCOC(=O)C1CC(C)OC1OC. The van der Waals surface area contributed by atoms with E-state index in [9.17, 15) is 4.79 Å². The molecule has 4 nitrogen and oxygen atoms in total. The molecule has 0 aliphatic carbocycles. The number of rotatable bonds is 3. The van der Waals surface area contributed by atoms with Crippen molar-refractivity contribution in [1.29, 1.82) is 0 Å². The highest BCUT2D eigenvalue weighted by Crippen LogP contribution is 2.27. The van der Waals surface area contributed by atoms with E-state index in [0.29, 0.717) is 13.0 Å². The van der Waals surface area contributed by atoms with Crippen LogP contribution in [-0.2, 0) is 19.0 Å². The van der Waals surface area contributed by atoms with Gasteiger partial charge in [0.25, 0.3) is 0 Å². The largest absolute Gasteiger partial charge is 0.466 e. The van der Waals surface area contributed by atoms with Crippen LogP contribution in [-0.4, -0.2) is 32.1 Å². The first-order valence-corrected chi connectivity index (χ1v) is 4.54. The molecule has 4 heteroatoms. The second-order valence-electron chi connectivity index (χ2n) is 3.15. The highest BCUT2D eigenvalue weighted by atomic mass is 16.7. The second kappa shape index (κ2) is 4.58. The molecule has 0 radical (unpaired) electrons. The topological polar surface area (TPSA) is 44.8 Å². The number of ether oxygens (including phenoxy) is 3. The van der Waals surface area contributed by atoms with Crippen LogP contribution in [0.4, 0.5) is 0 Å². The van der Waals surface area contributed by atoms with Crippen molar-refractivity contribution in [2.45, 2.75) is 32.7 Å². The molecule has 0 aromatic rings. The molecule has 0 N–H and O–H groups in total. The van der Waals surface area contributed by atoms with Crippen LogP contribution in [0.2, 0.25) is 0 Å². The van der Waals surface area contributed by atoms with E-state index in [4.69, 9.17) is 14.2 Å². The summed E-state index contributed by atoms with van der Waals surface area (Å²) in [5.41, 5.74) is 0. The molecule has 0 amide bonds. The van der Waals surface area contributed by atoms with Crippen molar-refractivity contribution in [3.8, 4) is 0 Å². The first-order chi connectivity index (χ1) is 6.19. The Labute approximate surface area is 78.2 Å². The maximum atomic E-state index is 11.4. The van der Waals surface area contributed by atoms with E-state index in [1.54, 1.807) is 6.92 Å². The zero-order chi connectivity index (χ0) is 9.84. The van der Waals surface area contributed by atoms with Gasteiger partial charge in [0.15, 0.2) is 6.29 Å². The maximum Gasteiger partial charge on any atom is 0.314 e. The normalized spacial score (nSPS) is 33.3. The van der Waals surface area contributed by atoms with E-state index in [0.717, 1.165) is 0 Å². The summed E-state index contributed by atoms with van der Waals surface area (Å²) in [4.78, 5) is 11.4. The Morgan fingerprint density at radius 2 is 2.31 bits per heavy atom. The van der Waals surface area contributed by atoms with Gasteiger partial charge in [0.2, 0.25) is 0 Å². The van der Waals surface area contributed by atoms with Gasteiger partial charge in [-0.2, -0.15) is 0 Å². The number of methoxy groups -OCH3 is 1. The Bertz CT molecular complexity index is 180. The fourth-order valence-electron chi connectivity index (χ4n) is 1.52. The lowest BCUT2D eigenvalue weighted by Crippen LogP contribution is -2.27. The number of carbonyl (C=O) groups is 1. The van der Waals surface area contributed by atoms with Crippen molar-refractivity contribution < 1.29 is 19.0 Å². The summed E-state index contributed by atoms with van der Waals surface area (Å²) >= 11 is 0. The number of hydrogen-bond acceptors (Lipinski definition) is 4. The van der Waals surface area contributed by atoms with Crippen molar-refractivity contribution in [2.75, 3.05) is 13.7 Å². The van der Waals surface area contributed by atoms with E-state index >= 15 is 0 Å². The van der Waals surface area contributed by atoms with E-state index in [2.05, 4.69) is 0 Å². The van der Waals surface area contributed by atoms with Gasteiger partial charge in [-0.3, -0.25) is 4.79 Å². The zero-order valence-electron chi connectivity index (χ0n) is 8.28. The number of carbonyl (C=O) groups excluding carboxylic acids is 1. The maximum absolute atomic E-state index is 11.4. The van der Waals surface area contributed by atoms with Crippen molar-refractivity contribution in [1.82, 2.24) is 0 Å². The highest BCUT2D eigenvalue weighted by molar-refractivity contribution is 5.73. The minimum atomic E-state index is -0.436. The Kier molecular flexibility index (Phi) is 3.69. The lowest BCUT2D eigenvalue weighted by Gasteiger charge is -2.14. The monoisotopic (exact) mass is 188 g/mol. The third-order valence-corrected chi connectivity index (χ3v) is 2.10. The molecule has 0 aromatic heterocycles. The van der Waals surface area contributed by atoms with Crippen LogP contribution >= 0.6 is 0 Å². The van der Waals surface area contributed by atoms with E-state index in [-0.39, 0.29) is 18.0 Å². The quantitative estimate of drug-likeness (QED) is 0.618. The van der Waals surface area contributed by atoms with Crippen LogP contribution in [0.25, 0.3) is 0 Å². The minimum Gasteiger partial charge on any atom is -0.466 e. The van der Waals surface area contributed by atoms with Crippen LogP contribution in [0.5, 0.6) is 0 Å². The summed E-state index contributed by atoms with van der Waals surface area (Å²) in [5, 5.41) is 0. The Hall–Kier alpha value is -0.610. The molecule has 1 rings (SSSR count). The van der Waals surface area contributed by atoms with Gasteiger partial charge in [0, 0.05) is 7.11 Å².